The fourth-order valence-corrected chi connectivity index (χ4v) is 1.68. The second-order valence-corrected chi connectivity index (χ2v) is 4.06. The number of aromatic nitrogens is 1. The fourth-order valence-electron chi connectivity index (χ4n) is 1.68. The van der Waals surface area contributed by atoms with Gasteiger partial charge in [0.05, 0.1) is 0 Å². The lowest BCUT2D eigenvalue weighted by atomic mass is 9.93. The van der Waals surface area contributed by atoms with Gasteiger partial charge in [-0.3, -0.25) is 9.78 Å². The van der Waals surface area contributed by atoms with Crippen molar-refractivity contribution in [1.29, 1.82) is 0 Å². The van der Waals surface area contributed by atoms with Crippen LogP contribution in [0.25, 0.3) is 0 Å². The second-order valence-electron chi connectivity index (χ2n) is 4.06. The highest BCUT2D eigenvalue weighted by atomic mass is 16.1. The molecule has 0 spiro atoms. The van der Waals surface area contributed by atoms with Crippen LogP contribution in [0.15, 0.2) is 18.3 Å². The summed E-state index contributed by atoms with van der Waals surface area (Å²) in [5.41, 5.74) is 1.46. The number of rotatable bonds is 4. The van der Waals surface area contributed by atoms with Gasteiger partial charge >= 0.3 is 0 Å². The SMILES string of the molecule is CCNC(=O)c1cc(NC2CCC2)ccn1. The normalized spacial score (nSPS) is 15.3. The zero-order valence-corrected chi connectivity index (χ0v) is 9.49. The highest BCUT2D eigenvalue weighted by molar-refractivity contribution is 5.93. The molecule has 1 saturated carbocycles. The molecular weight excluding hydrogens is 202 g/mol. The van der Waals surface area contributed by atoms with E-state index in [4.69, 9.17) is 0 Å². The van der Waals surface area contributed by atoms with E-state index in [1.807, 2.05) is 19.1 Å². The predicted molar refractivity (Wildman–Crippen MR) is 63.5 cm³/mol. The molecule has 0 bridgehead atoms. The van der Waals surface area contributed by atoms with E-state index >= 15 is 0 Å². The van der Waals surface area contributed by atoms with E-state index in [1.165, 1.54) is 19.3 Å². The quantitative estimate of drug-likeness (QED) is 0.811. The van der Waals surface area contributed by atoms with Gasteiger partial charge in [-0.25, -0.2) is 0 Å². The number of amides is 1. The van der Waals surface area contributed by atoms with E-state index in [2.05, 4.69) is 15.6 Å². The number of anilines is 1. The lowest BCUT2D eigenvalue weighted by Gasteiger charge is -2.27. The van der Waals surface area contributed by atoms with Crippen molar-refractivity contribution < 1.29 is 4.79 Å². The van der Waals surface area contributed by atoms with Crippen molar-refractivity contribution in [3.63, 3.8) is 0 Å². The van der Waals surface area contributed by atoms with E-state index in [9.17, 15) is 4.79 Å². The number of carbonyl (C=O) groups is 1. The molecule has 1 heterocycles. The van der Waals surface area contributed by atoms with Crippen molar-refractivity contribution >= 4 is 11.6 Å². The Balaban J connectivity index is 2.03. The predicted octanol–water partition coefficient (Wildman–Crippen LogP) is 1.80. The number of hydrogen-bond acceptors (Lipinski definition) is 3. The van der Waals surface area contributed by atoms with E-state index in [-0.39, 0.29) is 5.91 Å². The maximum Gasteiger partial charge on any atom is 0.269 e. The van der Waals surface area contributed by atoms with E-state index < -0.39 is 0 Å². The van der Waals surface area contributed by atoms with Gasteiger partial charge in [0, 0.05) is 24.5 Å². The molecule has 16 heavy (non-hydrogen) atoms. The maximum atomic E-state index is 11.6. The first-order chi connectivity index (χ1) is 7.79. The molecule has 2 N–H and O–H groups in total. The van der Waals surface area contributed by atoms with Gasteiger partial charge in [-0.2, -0.15) is 0 Å². The zero-order valence-electron chi connectivity index (χ0n) is 9.49. The van der Waals surface area contributed by atoms with Gasteiger partial charge in [-0.1, -0.05) is 0 Å². The first-order valence-electron chi connectivity index (χ1n) is 5.80. The largest absolute Gasteiger partial charge is 0.382 e. The van der Waals surface area contributed by atoms with Crippen LogP contribution in [0.5, 0.6) is 0 Å². The Kier molecular flexibility index (Phi) is 3.39. The van der Waals surface area contributed by atoms with Crippen molar-refractivity contribution in [2.24, 2.45) is 0 Å². The summed E-state index contributed by atoms with van der Waals surface area (Å²) in [5, 5.41) is 6.14. The number of carbonyl (C=O) groups excluding carboxylic acids is 1. The summed E-state index contributed by atoms with van der Waals surface area (Å²) < 4.78 is 0. The van der Waals surface area contributed by atoms with Crippen molar-refractivity contribution in [3.8, 4) is 0 Å². The molecular formula is C12H17N3O. The van der Waals surface area contributed by atoms with Crippen molar-refractivity contribution in [2.75, 3.05) is 11.9 Å². The summed E-state index contributed by atoms with van der Waals surface area (Å²) in [5.74, 6) is -0.111. The number of pyridine rings is 1. The molecule has 1 amide bonds. The van der Waals surface area contributed by atoms with Crippen LogP contribution < -0.4 is 10.6 Å². The average molecular weight is 219 g/mol. The molecule has 4 nitrogen and oxygen atoms in total. The standard InChI is InChI=1S/C12H17N3O/c1-2-13-12(16)11-8-10(6-7-14-11)15-9-4-3-5-9/h6-9H,2-5H2,1H3,(H,13,16)(H,14,15). The summed E-state index contributed by atoms with van der Waals surface area (Å²) in [6.45, 7) is 2.52. The molecule has 0 aromatic carbocycles. The summed E-state index contributed by atoms with van der Waals surface area (Å²) in [7, 11) is 0. The van der Waals surface area contributed by atoms with Crippen molar-refractivity contribution in [1.82, 2.24) is 10.3 Å². The van der Waals surface area contributed by atoms with E-state index in [1.54, 1.807) is 6.20 Å². The van der Waals surface area contributed by atoms with Crippen LogP contribution in [0, 0.1) is 0 Å². The molecule has 0 saturated heterocycles. The van der Waals surface area contributed by atoms with Crippen LogP contribution >= 0.6 is 0 Å². The second kappa shape index (κ2) is 4.96. The monoisotopic (exact) mass is 219 g/mol. The molecule has 2 rings (SSSR count). The first-order valence-corrected chi connectivity index (χ1v) is 5.80. The molecule has 0 atom stereocenters. The van der Waals surface area contributed by atoms with Crippen LogP contribution in [0.1, 0.15) is 36.7 Å². The molecule has 0 radical (unpaired) electrons. The molecule has 0 aliphatic heterocycles. The number of nitrogens with zero attached hydrogens (tertiary/aromatic N) is 1. The van der Waals surface area contributed by atoms with E-state index in [0.29, 0.717) is 18.3 Å². The Morgan fingerprint density at radius 2 is 2.38 bits per heavy atom. The van der Waals surface area contributed by atoms with Crippen molar-refractivity contribution in [2.45, 2.75) is 32.2 Å². The van der Waals surface area contributed by atoms with Gasteiger partial charge in [0.15, 0.2) is 0 Å². The van der Waals surface area contributed by atoms with Crippen LogP contribution in [0.4, 0.5) is 5.69 Å². The molecule has 1 aromatic heterocycles. The molecule has 1 aromatic rings. The van der Waals surface area contributed by atoms with Crippen LogP contribution in [-0.4, -0.2) is 23.5 Å². The Morgan fingerprint density at radius 3 is 3.00 bits per heavy atom. The average Bonchev–Trinajstić information content (AvgIpc) is 2.24. The maximum absolute atomic E-state index is 11.6. The third kappa shape index (κ3) is 2.51. The summed E-state index contributed by atoms with van der Waals surface area (Å²) in [4.78, 5) is 15.6. The van der Waals surface area contributed by atoms with Crippen LogP contribution in [0.2, 0.25) is 0 Å². The number of hydrogen-bond donors (Lipinski definition) is 2. The van der Waals surface area contributed by atoms with Gasteiger partial charge in [-0.05, 0) is 38.3 Å². The summed E-state index contributed by atoms with van der Waals surface area (Å²) in [6, 6.07) is 4.29. The molecule has 1 fully saturated rings. The Hall–Kier alpha value is -1.58. The lowest BCUT2D eigenvalue weighted by molar-refractivity contribution is 0.0951. The van der Waals surface area contributed by atoms with Gasteiger partial charge in [0.1, 0.15) is 5.69 Å². The third-order valence-corrected chi connectivity index (χ3v) is 2.81. The molecule has 1 aliphatic carbocycles. The number of nitrogens with one attached hydrogen (secondary N) is 2. The Labute approximate surface area is 95.5 Å². The van der Waals surface area contributed by atoms with E-state index in [0.717, 1.165) is 5.69 Å². The molecule has 86 valence electrons. The highest BCUT2D eigenvalue weighted by Gasteiger charge is 2.17. The minimum atomic E-state index is -0.111. The lowest BCUT2D eigenvalue weighted by Crippen LogP contribution is -2.27. The Morgan fingerprint density at radius 1 is 1.56 bits per heavy atom. The molecule has 0 unspecified atom stereocenters. The first kappa shape index (κ1) is 10.9. The van der Waals surface area contributed by atoms with Gasteiger partial charge in [0.2, 0.25) is 0 Å². The summed E-state index contributed by atoms with van der Waals surface area (Å²) >= 11 is 0. The molecule has 4 heteroatoms. The molecule has 1 aliphatic rings. The highest BCUT2D eigenvalue weighted by Crippen LogP contribution is 2.23. The smallest absolute Gasteiger partial charge is 0.269 e. The van der Waals surface area contributed by atoms with Gasteiger partial charge < -0.3 is 10.6 Å². The topological polar surface area (TPSA) is 54.0 Å². The van der Waals surface area contributed by atoms with Crippen LogP contribution in [-0.2, 0) is 0 Å². The van der Waals surface area contributed by atoms with Gasteiger partial charge in [-0.15, -0.1) is 0 Å². The van der Waals surface area contributed by atoms with Crippen molar-refractivity contribution in [3.05, 3.63) is 24.0 Å². The fraction of sp³-hybridized carbons (Fsp3) is 0.500. The van der Waals surface area contributed by atoms with Gasteiger partial charge in [0.25, 0.3) is 5.91 Å². The summed E-state index contributed by atoms with van der Waals surface area (Å²) in [6.07, 6.45) is 5.41. The zero-order chi connectivity index (χ0) is 11.4. The minimum Gasteiger partial charge on any atom is -0.382 e. The Bertz CT molecular complexity index is 374. The minimum absolute atomic E-state index is 0.111. The third-order valence-electron chi connectivity index (χ3n) is 2.81. The van der Waals surface area contributed by atoms with Crippen LogP contribution in [0.3, 0.4) is 0 Å².